The van der Waals surface area contributed by atoms with E-state index in [1.54, 1.807) is 12.4 Å². The Kier molecular flexibility index (Phi) is 4.31. The number of rotatable bonds is 4. The number of likely N-dealkylation sites (tertiary alicyclic amines) is 1. The number of amides is 1. The maximum Gasteiger partial charge on any atom is 0.257 e. The molecule has 0 unspecified atom stereocenters. The Bertz CT molecular complexity index is 758. The molecule has 2 saturated heterocycles. The summed E-state index contributed by atoms with van der Waals surface area (Å²) in [5.74, 6) is 1.64. The fraction of sp³-hybridized carbons (Fsp3) is 0.474. The number of hydrogen-bond acceptors (Lipinski definition) is 5. The van der Waals surface area contributed by atoms with Crippen LogP contribution in [0.5, 0.6) is 0 Å². The number of pyridine rings is 1. The molecule has 2 fully saturated rings. The van der Waals surface area contributed by atoms with Gasteiger partial charge < -0.3 is 18.8 Å². The van der Waals surface area contributed by atoms with Crippen molar-refractivity contribution in [1.29, 1.82) is 0 Å². The van der Waals surface area contributed by atoms with Crippen molar-refractivity contribution < 1.29 is 18.7 Å². The Balaban J connectivity index is 1.49. The van der Waals surface area contributed by atoms with Crippen LogP contribution in [0.15, 0.2) is 35.0 Å². The van der Waals surface area contributed by atoms with E-state index in [-0.39, 0.29) is 24.0 Å². The van der Waals surface area contributed by atoms with Crippen molar-refractivity contribution in [3.05, 3.63) is 53.2 Å². The third kappa shape index (κ3) is 3.07. The van der Waals surface area contributed by atoms with Gasteiger partial charge in [-0.05, 0) is 31.5 Å². The molecule has 0 saturated carbocycles. The van der Waals surface area contributed by atoms with Crippen molar-refractivity contribution in [2.75, 3.05) is 19.8 Å². The third-order valence-corrected chi connectivity index (χ3v) is 5.07. The third-order valence-electron chi connectivity index (χ3n) is 5.07. The average Bonchev–Trinajstić information content (AvgIpc) is 3.29. The van der Waals surface area contributed by atoms with E-state index in [2.05, 4.69) is 4.98 Å². The van der Waals surface area contributed by atoms with E-state index < -0.39 is 0 Å². The van der Waals surface area contributed by atoms with Gasteiger partial charge in [-0.25, -0.2) is 0 Å². The lowest BCUT2D eigenvalue weighted by atomic mass is 10.0. The summed E-state index contributed by atoms with van der Waals surface area (Å²) in [6, 6.07) is 5.77. The van der Waals surface area contributed by atoms with Gasteiger partial charge in [0, 0.05) is 24.9 Å². The molecule has 3 atom stereocenters. The molecule has 132 valence electrons. The molecule has 1 amide bonds. The molecular formula is C19H22N2O4. The molecule has 6 heteroatoms. The fourth-order valence-electron chi connectivity index (χ4n) is 3.79. The summed E-state index contributed by atoms with van der Waals surface area (Å²) in [7, 11) is 0. The summed E-state index contributed by atoms with van der Waals surface area (Å²) >= 11 is 0. The van der Waals surface area contributed by atoms with Gasteiger partial charge in [0.25, 0.3) is 5.91 Å². The zero-order chi connectivity index (χ0) is 17.4. The van der Waals surface area contributed by atoms with Crippen LogP contribution in [-0.4, -0.2) is 47.7 Å². The average molecular weight is 342 g/mol. The first-order valence-electron chi connectivity index (χ1n) is 8.59. The van der Waals surface area contributed by atoms with Crippen LogP contribution in [0, 0.1) is 19.8 Å². The van der Waals surface area contributed by atoms with Crippen LogP contribution >= 0.6 is 0 Å². The molecular weight excluding hydrogens is 320 g/mol. The van der Waals surface area contributed by atoms with Crippen molar-refractivity contribution in [3.63, 3.8) is 0 Å². The second-order valence-corrected chi connectivity index (χ2v) is 6.76. The summed E-state index contributed by atoms with van der Waals surface area (Å²) in [6.07, 6.45) is 3.53. The number of fused-ring (bicyclic) bond motifs is 1. The molecule has 0 radical (unpaired) electrons. The molecule has 25 heavy (non-hydrogen) atoms. The van der Waals surface area contributed by atoms with Gasteiger partial charge in [0.05, 0.1) is 37.5 Å². The molecule has 0 aromatic carbocycles. The topological polar surface area (TPSA) is 64.8 Å². The minimum Gasteiger partial charge on any atom is -0.466 e. The highest BCUT2D eigenvalue weighted by molar-refractivity contribution is 5.95. The predicted octanol–water partition coefficient (Wildman–Crippen LogP) is 2.35. The first-order valence-corrected chi connectivity index (χ1v) is 8.59. The standard InChI is InChI=1S/C19H22N2O4/c1-12-6-15(13(2)25-12)19(22)21-8-18(16-10-23-11-17(16)21)24-9-14-4-3-5-20-7-14/h3-7,16-18H,8-11H2,1-2H3/t16-,17+,18-/m1/s1. The molecule has 2 aliphatic rings. The van der Waals surface area contributed by atoms with Crippen molar-refractivity contribution >= 4 is 5.91 Å². The summed E-state index contributed by atoms with van der Waals surface area (Å²) < 4.78 is 17.3. The van der Waals surface area contributed by atoms with Gasteiger partial charge in [-0.2, -0.15) is 0 Å². The van der Waals surface area contributed by atoms with Crippen LogP contribution < -0.4 is 0 Å². The Morgan fingerprint density at radius 1 is 1.40 bits per heavy atom. The first-order chi connectivity index (χ1) is 12.1. The quantitative estimate of drug-likeness (QED) is 0.853. The molecule has 0 aliphatic carbocycles. The summed E-state index contributed by atoms with van der Waals surface area (Å²) in [5, 5.41) is 0. The van der Waals surface area contributed by atoms with E-state index in [0.29, 0.717) is 37.7 Å². The minimum absolute atomic E-state index is 0.00216. The Labute approximate surface area is 146 Å². The maximum absolute atomic E-state index is 13.0. The largest absolute Gasteiger partial charge is 0.466 e. The van der Waals surface area contributed by atoms with Gasteiger partial charge in [-0.15, -0.1) is 0 Å². The minimum atomic E-state index is -0.0232. The molecule has 4 rings (SSSR count). The van der Waals surface area contributed by atoms with Crippen molar-refractivity contribution in [2.24, 2.45) is 5.92 Å². The number of furan rings is 1. The van der Waals surface area contributed by atoms with Crippen LogP contribution in [-0.2, 0) is 16.1 Å². The molecule has 2 aliphatic heterocycles. The first kappa shape index (κ1) is 16.3. The monoisotopic (exact) mass is 342 g/mol. The van der Waals surface area contributed by atoms with Crippen LogP contribution in [0.1, 0.15) is 27.4 Å². The lowest BCUT2D eigenvalue weighted by molar-refractivity contribution is 0.00923. The van der Waals surface area contributed by atoms with Crippen LogP contribution in [0.3, 0.4) is 0 Å². The lowest BCUT2D eigenvalue weighted by Gasteiger charge is -2.22. The predicted molar refractivity (Wildman–Crippen MR) is 90.1 cm³/mol. The number of nitrogens with zero attached hydrogens (tertiary/aromatic N) is 2. The van der Waals surface area contributed by atoms with Gasteiger partial charge in [-0.3, -0.25) is 9.78 Å². The molecule has 0 N–H and O–H groups in total. The molecule has 2 aromatic rings. The van der Waals surface area contributed by atoms with Crippen LogP contribution in [0.2, 0.25) is 0 Å². The zero-order valence-corrected chi connectivity index (χ0v) is 14.5. The SMILES string of the molecule is Cc1cc(C(=O)N2C[C@@H](OCc3cccnc3)[C@@H]3COC[C@@H]32)c(C)o1. The lowest BCUT2D eigenvalue weighted by Crippen LogP contribution is -2.38. The highest BCUT2D eigenvalue weighted by Crippen LogP contribution is 2.34. The smallest absolute Gasteiger partial charge is 0.257 e. The number of ether oxygens (including phenoxy) is 2. The van der Waals surface area contributed by atoms with Crippen molar-refractivity contribution in [1.82, 2.24) is 9.88 Å². The van der Waals surface area contributed by atoms with Crippen molar-refractivity contribution in [2.45, 2.75) is 32.6 Å². The summed E-state index contributed by atoms with van der Waals surface area (Å²) in [6.45, 7) is 5.97. The fourth-order valence-corrected chi connectivity index (χ4v) is 3.79. The Morgan fingerprint density at radius 3 is 3.00 bits per heavy atom. The van der Waals surface area contributed by atoms with E-state index in [9.17, 15) is 4.79 Å². The number of carbonyl (C=O) groups excluding carboxylic acids is 1. The van der Waals surface area contributed by atoms with Crippen LogP contribution in [0.4, 0.5) is 0 Å². The maximum atomic E-state index is 13.0. The Morgan fingerprint density at radius 2 is 2.28 bits per heavy atom. The van der Waals surface area contributed by atoms with Crippen molar-refractivity contribution in [3.8, 4) is 0 Å². The zero-order valence-electron chi connectivity index (χ0n) is 14.5. The van der Waals surface area contributed by atoms with Crippen LogP contribution in [0.25, 0.3) is 0 Å². The summed E-state index contributed by atoms with van der Waals surface area (Å²) in [5.41, 5.74) is 1.67. The second kappa shape index (κ2) is 6.61. The van der Waals surface area contributed by atoms with Gasteiger partial charge in [-0.1, -0.05) is 6.07 Å². The molecule has 4 heterocycles. The molecule has 2 aromatic heterocycles. The van der Waals surface area contributed by atoms with E-state index >= 15 is 0 Å². The number of hydrogen-bond donors (Lipinski definition) is 0. The number of carbonyl (C=O) groups is 1. The highest BCUT2D eigenvalue weighted by atomic mass is 16.5. The highest BCUT2D eigenvalue weighted by Gasteiger charge is 2.48. The van der Waals surface area contributed by atoms with Gasteiger partial charge in [0.1, 0.15) is 11.5 Å². The van der Waals surface area contributed by atoms with E-state index in [1.807, 2.05) is 36.9 Å². The second-order valence-electron chi connectivity index (χ2n) is 6.76. The number of aryl methyl sites for hydroxylation is 2. The molecule has 6 nitrogen and oxygen atoms in total. The Hall–Kier alpha value is -2.18. The van der Waals surface area contributed by atoms with Gasteiger partial charge in [0.15, 0.2) is 0 Å². The van der Waals surface area contributed by atoms with E-state index in [4.69, 9.17) is 13.9 Å². The van der Waals surface area contributed by atoms with E-state index in [1.165, 1.54) is 0 Å². The molecule has 0 bridgehead atoms. The number of aromatic nitrogens is 1. The van der Waals surface area contributed by atoms with Gasteiger partial charge in [0.2, 0.25) is 0 Å². The molecule has 0 spiro atoms. The van der Waals surface area contributed by atoms with Gasteiger partial charge >= 0.3 is 0 Å². The summed E-state index contributed by atoms with van der Waals surface area (Å²) in [4.78, 5) is 19.0. The van der Waals surface area contributed by atoms with E-state index in [0.717, 1.165) is 11.3 Å². The normalized spacial score (nSPS) is 25.4.